The second-order valence-corrected chi connectivity index (χ2v) is 22.0. The van der Waals surface area contributed by atoms with Crippen LogP contribution < -0.4 is 16.4 Å². The van der Waals surface area contributed by atoms with E-state index < -0.39 is 84.6 Å². The number of hydrogen-bond acceptors (Lipinski definition) is 19. The number of rotatable bonds is 34. The third-order valence-corrected chi connectivity index (χ3v) is 14.3. The van der Waals surface area contributed by atoms with Gasteiger partial charge in [-0.3, -0.25) is 37.3 Å². The van der Waals surface area contributed by atoms with Gasteiger partial charge in [-0.05, 0) is 19.3 Å². The minimum absolute atomic E-state index is 0.0253. The summed E-state index contributed by atoms with van der Waals surface area (Å²) < 4.78 is 62.4. The van der Waals surface area contributed by atoms with Crippen molar-refractivity contribution in [1.82, 2.24) is 30.2 Å². The van der Waals surface area contributed by atoms with Crippen LogP contribution in [0.4, 0.5) is 5.82 Å². The van der Waals surface area contributed by atoms with Gasteiger partial charge >= 0.3 is 23.5 Å². The molecule has 2 amide bonds. The zero-order valence-corrected chi connectivity index (χ0v) is 41.8. The van der Waals surface area contributed by atoms with Gasteiger partial charge in [0.2, 0.25) is 11.8 Å². The average molecular weight is 1050 g/mol. The van der Waals surface area contributed by atoms with E-state index in [-0.39, 0.29) is 66.0 Å². The van der Waals surface area contributed by atoms with E-state index in [1.807, 2.05) is 6.08 Å². The Morgan fingerprint density at radius 1 is 0.912 bits per heavy atom. The number of anilines is 1. The highest BCUT2D eigenvalue weighted by Crippen LogP contribution is 2.61. The number of fused-ring (bicyclic) bond motifs is 1. The largest absolute Gasteiger partial charge is 0.481 e. The number of amides is 2. The normalized spacial score (nSPS) is 20.0. The summed E-state index contributed by atoms with van der Waals surface area (Å²) in [6.07, 6.45) is 10.0. The Balaban J connectivity index is 1.32. The Hall–Kier alpha value is -3.03. The predicted octanol–water partition coefficient (Wildman–Crippen LogP) is 3.88. The molecule has 2 aromatic rings. The number of phosphoric ester groups is 3. The molecule has 1 saturated heterocycles. The molecule has 25 nitrogen and oxygen atoms in total. The van der Waals surface area contributed by atoms with Gasteiger partial charge in [-0.1, -0.05) is 96.1 Å². The number of nitrogens with zero attached hydrogens (tertiary/aromatic N) is 4. The number of thioether (sulfide) groups is 1. The number of ketones is 1. The van der Waals surface area contributed by atoms with E-state index in [9.17, 15) is 62.7 Å². The van der Waals surface area contributed by atoms with Crippen molar-refractivity contribution in [3.8, 4) is 0 Å². The van der Waals surface area contributed by atoms with Crippen molar-refractivity contribution in [2.24, 2.45) is 5.41 Å². The molecule has 29 heteroatoms. The topological polar surface area (TPSA) is 381 Å². The predicted molar refractivity (Wildman–Crippen MR) is 247 cm³/mol. The number of nitrogens with two attached hydrogens (primary N) is 1. The third-order valence-electron chi connectivity index (χ3n) is 10.3. The Bertz CT molecular complexity index is 2130. The van der Waals surface area contributed by atoms with E-state index in [1.165, 1.54) is 65.2 Å². The van der Waals surface area contributed by atoms with Gasteiger partial charge in [0.05, 0.1) is 26.0 Å². The number of nitrogen functional groups attached to an aromatic ring is 1. The smallest absolute Gasteiger partial charge is 0.386 e. The number of phosphoric acid groups is 3. The number of imidazole rings is 1. The molecule has 1 aliphatic heterocycles. The van der Waals surface area contributed by atoms with Crippen LogP contribution in [0, 0.1) is 5.41 Å². The number of carbonyl (C=O) groups is 4. The molecular weight excluding hydrogens is 979 g/mol. The number of aliphatic hydroxyl groups is 2. The van der Waals surface area contributed by atoms with Gasteiger partial charge in [0.1, 0.15) is 42.0 Å². The Kier molecular flexibility index (Phi) is 25.0. The lowest BCUT2D eigenvalue weighted by molar-refractivity contribution is -0.137. The van der Waals surface area contributed by atoms with E-state index in [4.69, 9.17) is 19.5 Å². The monoisotopic (exact) mass is 1050 g/mol. The molecule has 0 aliphatic carbocycles. The van der Waals surface area contributed by atoms with Gasteiger partial charge in [0.15, 0.2) is 22.8 Å². The van der Waals surface area contributed by atoms with Crippen LogP contribution in [-0.4, -0.2) is 128 Å². The standard InChI is InChI=1S/C39H66N7O18P3S/c1-4-5-6-7-8-9-10-11-12-13-14-15-16-17-27(47)22-30(49)68-21-20-41-29(48)18-19-42-37(52)34(51)39(2,3)24-61-67(58,59)64-66(56,57)60-23-28-33(63-65(53,54)55)32(50)38(62-28)46-26-45-31-35(40)43-25-44-36(31)46/h14-15,25-26,28,32-34,38,50-51H,4-13,16-24H2,1-3H3,(H,41,48)(H,42,52)(H,56,57)(H,58,59)(H2,40,43,44)(H2,53,54,55)/b15-14-/t28-,32-,33-,34+,38-/m1/s1. The van der Waals surface area contributed by atoms with Crippen molar-refractivity contribution in [1.29, 1.82) is 0 Å². The molecule has 386 valence electrons. The molecule has 2 aromatic heterocycles. The Labute approximate surface area is 398 Å². The van der Waals surface area contributed by atoms with Crippen LogP contribution in [-0.2, 0) is 55.5 Å². The molecule has 1 fully saturated rings. The highest BCUT2D eigenvalue weighted by atomic mass is 32.2. The summed E-state index contributed by atoms with van der Waals surface area (Å²) in [4.78, 5) is 100. The van der Waals surface area contributed by atoms with Crippen LogP contribution in [0.2, 0.25) is 0 Å². The van der Waals surface area contributed by atoms with Crippen LogP contribution in [0.1, 0.15) is 117 Å². The van der Waals surface area contributed by atoms with Crippen molar-refractivity contribution in [2.75, 3.05) is 37.8 Å². The zero-order valence-electron chi connectivity index (χ0n) is 38.3. The molecule has 0 bridgehead atoms. The van der Waals surface area contributed by atoms with Crippen LogP contribution >= 0.6 is 35.2 Å². The summed E-state index contributed by atoms with van der Waals surface area (Å²) in [5, 5.41) is 26.2. The fourth-order valence-electron chi connectivity index (χ4n) is 6.65. The highest BCUT2D eigenvalue weighted by molar-refractivity contribution is 8.13. The van der Waals surface area contributed by atoms with Crippen molar-refractivity contribution < 1.29 is 85.3 Å². The summed E-state index contributed by atoms with van der Waals surface area (Å²) in [7, 11) is -16.5. The van der Waals surface area contributed by atoms with Crippen LogP contribution in [0.5, 0.6) is 0 Å². The van der Waals surface area contributed by atoms with Crippen molar-refractivity contribution >= 4 is 74.9 Å². The molecule has 0 saturated carbocycles. The van der Waals surface area contributed by atoms with Gasteiger partial charge < -0.3 is 50.9 Å². The molecule has 0 aromatic carbocycles. The van der Waals surface area contributed by atoms with E-state index in [0.29, 0.717) is 6.42 Å². The average Bonchev–Trinajstić information content (AvgIpc) is 3.82. The molecule has 10 N–H and O–H groups in total. The second kappa shape index (κ2) is 28.7. The van der Waals surface area contributed by atoms with Crippen molar-refractivity contribution in [3.05, 3.63) is 24.8 Å². The first-order valence-corrected chi connectivity index (χ1v) is 27.7. The molecule has 0 radical (unpaired) electrons. The first-order chi connectivity index (χ1) is 31.9. The zero-order chi connectivity index (χ0) is 50.5. The lowest BCUT2D eigenvalue weighted by Gasteiger charge is -2.30. The molecule has 3 rings (SSSR count). The quantitative estimate of drug-likeness (QED) is 0.0208. The number of Topliss-reactive ketones (excluding diaryl/α,β-unsaturated/α-hetero) is 1. The summed E-state index contributed by atoms with van der Waals surface area (Å²) in [5.41, 5.74) is 4.24. The lowest BCUT2D eigenvalue weighted by atomic mass is 9.87. The number of nitrogens with one attached hydrogen (secondary N) is 2. The van der Waals surface area contributed by atoms with Gasteiger partial charge in [-0.15, -0.1) is 0 Å². The number of hydrogen-bond donors (Lipinski definition) is 9. The number of unbranched alkanes of at least 4 members (excludes halogenated alkanes) is 9. The minimum atomic E-state index is -5.59. The van der Waals surface area contributed by atoms with Crippen molar-refractivity contribution in [2.45, 2.75) is 141 Å². The molecule has 68 heavy (non-hydrogen) atoms. The third kappa shape index (κ3) is 21.5. The Morgan fingerprint density at radius 2 is 1.56 bits per heavy atom. The van der Waals surface area contributed by atoms with Crippen molar-refractivity contribution in [3.63, 3.8) is 0 Å². The number of aliphatic hydroxyl groups excluding tert-OH is 2. The van der Waals surface area contributed by atoms with Crippen LogP contribution in [0.3, 0.4) is 0 Å². The Morgan fingerprint density at radius 3 is 2.24 bits per heavy atom. The fourth-order valence-corrected chi connectivity index (χ4v) is 10.2. The van der Waals surface area contributed by atoms with E-state index in [2.05, 4.69) is 47.4 Å². The maximum absolute atomic E-state index is 12.7. The number of aromatic nitrogens is 4. The van der Waals surface area contributed by atoms with Crippen LogP contribution in [0.15, 0.2) is 24.8 Å². The molecule has 7 atom stereocenters. The summed E-state index contributed by atoms with van der Waals surface area (Å²) in [6.45, 7) is 2.53. The highest BCUT2D eigenvalue weighted by Gasteiger charge is 2.50. The maximum Gasteiger partial charge on any atom is 0.481 e. The fraction of sp³-hybridized carbons (Fsp3) is 0.718. The van der Waals surface area contributed by atoms with Gasteiger partial charge in [-0.2, -0.15) is 4.31 Å². The number of allylic oxidation sites excluding steroid dienone is 2. The van der Waals surface area contributed by atoms with Gasteiger partial charge in [-0.25, -0.2) is 28.6 Å². The van der Waals surface area contributed by atoms with E-state index in [0.717, 1.165) is 41.8 Å². The second-order valence-electron chi connectivity index (χ2n) is 16.6. The summed E-state index contributed by atoms with van der Waals surface area (Å²) in [5.74, 6) is -1.47. The minimum Gasteiger partial charge on any atom is -0.386 e. The summed E-state index contributed by atoms with van der Waals surface area (Å²) >= 11 is 0.922. The number of ether oxygens (including phenoxy) is 1. The molecule has 2 unspecified atom stereocenters. The number of carbonyl (C=O) groups excluding carboxylic acids is 4. The SMILES string of the molecule is CCCCCCCCCCC/C=C\CCC(=O)CC(=O)SCCNC(=O)CCNC(=O)[C@H](O)C(C)(C)COP(=O)(O)OP(=O)(O)OC[C@H]1O[C@@H](n2cnc3c(N)ncnc32)[C@H](O)[C@@H]1OP(=O)(O)O. The van der Waals surface area contributed by atoms with Crippen LogP contribution in [0.25, 0.3) is 11.2 Å². The molecular formula is C39H66N7O18P3S. The first kappa shape index (κ1) is 59.3. The molecule has 1 aliphatic rings. The summed E-state index contributed by atoms with van der Waals surface area (Å²) in [6, 6.07) is 0. The lowest BCUT2D eigenvalue weighted by Crippen LogP contribution is -2.46. The van der Waals surface area contributed by atoms with Gasteiger partial charge in [0.25, 0.3) is 0 Å². The van der Waals surface area contributed by atoms with E-state index in [1.54, 1.807) is 0 Å². The van der Waals surface area contributed by atoms with E-state index >= 15 is 0 Å². The molecule has 3 heterocycles. The molecule has 0 spiro atoms. The first-order valence-electron chi connectivity index (χ1n) is 22.2. The van der Waals surface area contributed by atoms with Gasteiger partial charge in [0, 0.05) is 37.1 Å². The maximum atomic E-state index is 12.7.